The molecule has 0 aliphatic heterocycles. The lowest BCUT2D eigenvalue weighted by Gasteiger charge is -2.12. The van der Waals surface area contributed by atoms with Gasteiger partial charge in [-0.1, -0.05) is 12.1 Å². The first kappa shape index (κ1) is 15.0. The normalized spacial score (nSPS) is 11.4. The lowest BCUT2D eigenvalue weighted by atomic mass is 10.00. The molecule has 0 amide bonds. The number of carboxylic acids is 1. The van der Waals surface area contributed by atoms with Gasteiger partial charge in [0, 0.05) is 11.8 Å². The van der Waals surface area contributed by atoms with Gasteiger partial charge in [0.2, 0.25) is 0 Å². The quantitative estimate of drug-likeness (QED) is 0.882. The minimum atomic E-state index is -4.61. The van der Waals surface area contributed by atoms with Crippen molar-refractivity contribution >= 4 is 5.97 Å². The molecule has 0 bridgehead atoms. The number of alkyl halides is 3. The van der Waals surface area contributed by atoms with E-state index in [4.69, 9.17) is 5.11 Å². The highest BCUT2D eigenvalue weighted by molar-refractivity contribution is 5.75. The van der Waals surface area contributed by atoms with Gasteiger partial charge in [-0.05, 0) is 23.8 Å². The number of aromatic nitrogens is 1. The molecule has 0 aliphatic carbocycles. The van der Waals surface area contributed by atoms with Crippen LogP contribution in [-0.2, 0) is 17.4 Å². The first-order valence-electron chi connectivity index (χ1n) is 5.81. The largest absolute Gasteiger partial charge is 0.481 e. The maximum Gasteiger partial charge on any atom is 0.417 e. The van der Waals surface area contributed by atoms with Crippen LogP contribution < -0.4 is 0 Å². The van der Waals surface area contributed by atoms with E-state index in [9.17, 15) is 22.4 Å². The number of carbonyl (C=O) groups is 1. The number of carboxylic acid groups (broad SMARTS) is 1. The highest BCUT2D eigenvalue weighted by Crippen LogP contribution is 2.33. The first-order valence-corrected chi connectivity index (χ1v) is 5.81. The van der Waals surface area contributed by atoms with Crippen molar-refractivity contribution in [3.63, 3.8) is 0 Å². The van der Waals surface area contributed by atoms with E-state index in [2.05, 4.69) is 4.98 Å². The number of pyridine rings is 1. The van der Waals surface area contributed by atoms with E-state index < -0.39 is 29.9 Å². The maximum absolute atomic E-state index is 13.2. The Kier molecular flexibility index (Phi) is 3.93. The van der Waals surface area contributed by atoms with Gasteiger partial charge in [0.15, 0.2) is 0 Å². The Morgan fingerprint density at radius 3 is 2.52 bits per heavy atom. The molecule has 110 valence electrons. The molecule has 0 saturated heterocycles. The minimum absolute atomic E-state index is 0.0493. The molecule has 1 aromatic heterocycles. The summed E-state index contributed by atoms with van der Waals surface area (Å²) in [7, 11) is 0. The fourth-order valence-electron chi connectivity index (χ4n) is 1.84. The van der Waals surface area contributed by atoms with Crippen molar-refractivity contribution < 1.29 is 27.5 Å². The molecule has 2 rings (SSSR count). The van der Waals surface area contributed by atoms with Crippen LogP contribution in [0.2, 0.25) is 0 Å². The van der Waals surface area contributed by atoms with Gasteiger partial charge < -0.3 is 5.11 Å². The predicted molar refractivity (Wildman–Crippen MR) is 66.0 cm³/mol. The van der Waals surface area contributed by atoms with Crippen LogP contribution in [0.15, 0.2) is 36.5 Å². The molecule has 0 unspecified atom stereocenters. The van der Waals surface area contributed by atoms with Crippen LogP contribution in [0.3, 0.4) is 0 Å². The summed E-state index contributed by atoms with van der Waals surface area (Å²) < 4.78 is 51.4. The van der Waals surface area contributed by atoms with Crippen molar-refractivity contribution in [2.45, 2.75) is 12.6 Å². The van der Waals surface area contributed by atoms with Gasteiger partial charge in [-0.2, -0.15) is 13.2 Å². The van der Waals surface area contributed by atoms with Gasteiger partial charge in [0.1, 0.15) is 5.82 Å². The van der Waals surface area contributed by atoms with Crippen LogP contribution in [-0.4, -0.2) is 16.1 Å². The van der Waals surface area contributed by atoms with E-state index in [-0.39, 0.29) is 16.8 Å². The van der Waals surface area contributed by atoms with Crippen LogP contribution in [0.5, 0.6) is 0 Å². The lowest BCUT2D eigenvalue weighted by molar-refractivity contribution is -0.137. The number of benzene rings is 1. The monoisotopic (exact) mass is 299 g/mol. The van der Waals surface area contributed by atoms with Crippen LogP contribution in [0, 0.1) is 5.82 Å². The molecule has 21 heavy (non-hydrogen) atoms. The Morgan fingerprint density at radius 2 is 1.95 bits per heavy atom. The number of rotatable bonds is 3. The average molecular weight is 299 g/mol. The van der Waals surface area contributed by atoms with Gasteiger partial charge in [-0.25, -0.2) is 4.39 Å². The third-order valence-electron chi connectivity index (χ3n) is 2.75. The van der Waals surface area contributed by atoms with Crippen LogP contribution in [0.25, 0.3) is 11.1 Å². The van der Waals surface area contributed by atoms with Crippen LogP contribution in [0.1, 0.15) is 11.3 Å². The summed E-state index contributed by atoms with van der Waals surface area (Å²) in [5.74, 6) is -1.87. The zero-order valence-electron chi connectivity index (χ0n) is 10.5. The highest BCUT2D eigenvalue weighted by atomic mass is 19.4. The molecule has 0 atom stereocenters. The molecule has 7 heteroatoms. The van der Waals surface area contributed by atoms with Crippen molar-refractivity contribution in [2.24, 2.45) is 0 Å². The van der Waals surface area contributed by atoms with Crippen molar-refractivity contribution in [1.82, 2.24) is 4.98 Å². The third-order valence-corrected chi connectivity index (χ3v) is 2.75. The summed E-state index contributed by atoms with van der Waals surface area (Å²) in [5, 5.41) is 8.79. The van der Waals surface area contributed by atoms with Crippen molar-refractivity contribution in [3.8, 4) is 11.1 Å². The average Bonchev–Trinajstić information content (AvgIpc) is 2.37. The molecule has 2 aromatic rings. The van der Waals surface area contributed by atoms with E-state index >= 15 is 0 Å². The summed E-state index contributed by atoms with van der Waals surface area (Å²) in [5.41, 5.74) is -0.978. The molecule has 1 aromatic carbocycles. The van der Waals surface area contributed by atoms with Crippen molar-refractivity contribution in [3.05, 3.63) is 53.6 Å². The number of hydrogen-bond acceptors (Lipinski definition) is 2. The van der Waals surface area contributed by atoms with E-state index in [0.29, 0.717) is 6.20 Å². The molecule has 1 N–H and O–H groups in total. The minimum Gasteiger partial charge on any atom is -0.481 e. The lowest BCUT2D eigenvalue weighted by Crippen LogP contribution is -2.10. The summed E-state index contributed by atoms with van der Waals surface area (Å²) in [6.07, 6.45) is -4.60. The number of hydrogen-bond donors (Lipinski definition) is 1. The van der Waals surface area contributed by atoms with Crippen LogP contribution in [0.4, 0.5) is 17.6 Å². The number of nitrogens with zero attached hydrogens (tertiary/aromatic N) is 1. The summed E-state index contributed by atoms with van der Waals surface area (Å²) in [4.78, 5) is 14.3. The van der Waals surface area contributed by atoms with Gasteiger partial charge in [-0.15, -0.1) is 0 Å². The molecular formula is C14H9F4NO2. The molecule has 1 heterocycles. The molecular weight excluding hydrogens is 290 g/mol. The number of halogens is 4. The third kappa shape index (κ3) is 3.56. The smallest absolute Gasteiger partial charge is 0.417 e. The van der Waals surface area contributed by atoms with Crippen LogP contribution >= 0.6 is 0 Å². The fourth-order valence-corrected chi connectivity index (χ4v) is 1.84. The zero-order chi connectivity index (χ0) is 15.6. The van der Waals surface area contributed by atoms with Gasteiger partial charge in [0.25, 0.3) is 0 Å². The summed E-state index contributed by atoms with van der Waals surface area (Å²) in [6, 6.07) is 5.67. The van der Waals surface area contributed by atoms with Gasteiger partial charge >= 0.3 is 12.1 Å². The number of aliphatic carboxylic acids is 1. The molecule has 0 spiro atoms. The van der Waals surface area contributed by atoms with E-state index in [1.807, 2.05) is 0 Å². The summed E-state index contributed by atoms with van der Waals surface area (Å²) >= 11 is 0. The van der Waals surface area contributed by atoms with E-state index in [0.717, 1.165) is 18.2 Å². The Hall–Kier alpha value is -2.44. The van der Waals surface area contributed by atoms with Crippen molar-refractivity contribution in [2.75, 3.05) is 0 Å². The van der Waals surface area contributed by atoms with E-state index in [1.165, 1.54) is 12.1 Å². The maximum atomic E-state index is 13.2. The Labute approximate surface area is 116 Å². The highest BCUT2D eigenvalue weighted by Gasteiger charge is 2.32. The fraction of sp³-hybridized carbons (Fsp3) is 0.143. The molecule has 0 saturated carbocycles. The molecule has 3 nitrogen and oxygen atoms in total. The molecule has 0 radical (unpaired) electrons. The van der Waals surface area contributed by atoms with Gasteiger partial charge in [-0.3, -0.25) is 9.78 Å². The molecule has 0 aliphatic rings. The second kappa shape index (κ2) is 5.51. The predicted octanol–water partition coefficient (Wildman–Crippen LogP) is 3.53. The first-order chi connectivity index (χ1) is 9.77. The topological polar surface area (TPSA) is 50.2 Å². The molecule has 0 fully saturated rings. The van der Waals surface area contributed by atoms with Crippen molar-refractivity contribution in [1.29, 1.82) is 0 Å². The SMILES string of the molecule is O=C(O)Cc1ncc(C(F)(F)F)cc1-c1cccc(F)c1. The van der Waals surface area contributed by atoms with Gasteiger partial charge in [0.05, 0.1) is 17.7 Å². The second-order valence-electron chi connectivity index (χ2n) is 4.30. The zero-order valence-corrected chi connectivity index (χ0v) is 10.5. The Balaban J connectivity index is 2.60. The Morgan fingerprint density at radius 1 is 1.24 bits per heavy atom. The summed E-state index contributed by atoms with van der Waals surface area (Å²) in [6.45, 7) is 0. The Bertz CT molecular complexity index is 683. The second-order valence-corrected chi connectivity index (χ2v) is 4.30. The van der Waals surface area contributed by atoms with E-state index in [1.54, 1.807) is 0 Å². The standard InChI is InChI=1S/C14H9F4NO2/c15-10-3-1-2-8(4-10)11-5-9(14(16,17)18)7-19-12(11)6-13(20)21/h1-5,7H,6H2,(H,20,21).